The van der Waals surface area contributed by atoms with E-state index >= 15 is 0 Å². The van der Waals surface area contributed by atoms with Crippen LogP contribution in [0.5, 0.6) is 0 Å². The Labute approximate surface area is 150 Å². The van der Waals surface area contributed by atoms with E-state index in [1.165, 1.54) is 0 Å². The highest BCUT2D eigenvalue weighted by Gasteiger charge is 2.29. The lowest BCUT2D eigenvalue weighted by Gasteiger charge is -2.24. The van der Waals surface area contributed by atoms with Gasteiger partial charge >= 0.3 is 0 Å². The maximum absolute atomic E-state index is 12.7. The summed E-state index contributed by atoms with van der Waals surface area (Å²) in [4.78, 5) is 29.1. The third kappa shape index (κ3) is 4.40. The van der Waals surface area contributed by atoms with Crippen LogP contribution in [0.3, 0.4) is 0 Å². The highest BCUT2D eigenvalue weighted by Crippen LogP contribution is 2.27. The van der Waals surface area contributed by atoms with Crippen LogP contribution < -0.4 is 5.73 Å². The summed E-state index contributed by atoms with van der Waals surface area (Å²) in [6.45, 7) is 4.67. The van der Waals surface area contributed by atoms with Gasteiger partial charge in [0.05, 0.1) is 0 Å². The summed E-state index contributed by atoms with van der Waals surface area (Å²) in [5.74, 6) is 0.601. The second kappa shape index (κ2) is 8.00. The van der Waals surface area contributed by atoms with E-state index < -0.39 is 0 Å². The molecule has 2 fully saturated rings. The van der Waals surface area contributed by atoms with Crippen molar-refractivity contribution in [2.24, 2.45) is 11.7 Å². The number of nitrogens with two attached hydrogens (primary N) is 1. The smallest absolute Gasteiger partial charge is 0.253 e. The van der Waals surface area contributed by atoms with Crippen molar-refractivity contribution < 1.29 is 9.59 Å². The van der Waals surface area contributed by atoms with Crippen LogP contribution in [0.2, 0.25) is 0 Å². The summed E-state index contributed by atoms with van der Waals surface area (Å²) in [6, 6.07) is 7.88. The van der Waals surface area contributed by atoms with Gasteiger partial charge in [0, 0.05) is 44.2 Å². The number of hydrogen-bond donors (Lipinski definition) is 1. The van der Waals surface area contributed by atoms with Crippen LogP contribution in [-0.2, 0) is 4.79 Å². The maximum Gasteiger partial charge on any atom is 0.253 e. The second-order valence-electron chi connectivity index (χ2n) is 7.45. The molecule has 1 saturated heterocycles. The average Bonchev–Trinajstić information content (AvgIpc) is 2.86. The Balaban J connectivity index is 1.56. The van der Waals surface area contributed by atoms with E-state index in [9.17, 15) is 9.59 Å². The van der Waals surface area contributed by atoms with Crippen molar-refractivity contribution in [1.29, 1.82) is 0 Å². The fourth-order valence-corrected chi connectivity index (χ4v) is 4.00. The molecule has 1 saturated carbocycles. The molecule has 1 aliphatic heterocycles. The highest BCUT2D eigenvalue weighted by molar-refractivity contribution is 5.94. The molecule has 0 unspecified atom stereocenters. The number of aryl methyl sites for hydroxylation is 1. The maximum atomic E-state index is 12.7. The van der Waals surface area contributed by atoms with Crippen molar-refractivity contribution in [2.45, 2.75) is 45.1 Å². The zero-order valence-electron chi connectivity index (χ0n) is 15.1. The van der Waals surface area contributed by atoms with Crippen LogP contribution in [-0.4, -0.2) is 53.8 Å². The summed E-state index contributed by atoms with van der Waals surface area (Å²) >= 11 is 0. The van der Waals surface area contributed by atoms with Crippen LogP contribution >= 0.6 is 0 Å². The van der Waals surface area contributed by atoms with Gasteiger partial charge in [-0.1, -0.05) is 24.1 Å². The van der Waals surface area contributed by atoms with Crippen molar-refractivity contribution in [2.75, 3.05) is 26.2 Å². The van der Waals surface area contributed by atoms with Gasteiger partial charge in [0.15, 0.2) is 0 Å². The minimum Gasteiger partial charge on any atom is -0.341 e. The monoisotopic (exact) mass is 343 g/mol. The zero-order chi connectivity index (χ0) is 17.8. The molecule has 136 valence electrons. The fourth-order valence-electron chi connectivity index (χ4n) is 4.00. The number of benzene rings is 1. The number of amides is 2. The van der Waals surface area contributed by atoms with E-state index in [1.807, 2.05) is 41.0 Å². The first-order valence-corrected chi connectivity index (χ1v) is 9.44. The first kappa shape index (κ1) is 17.9. The lowest BCUT2D eigenvalue weighted by atomic mass is 9.99. The Bertz CT molecular complexity index is 631. The highest BCUT2D eigenvalue weighted by atomic mass is 16.2. The third-order valence-corrected chi connectivity index (χ3v) is 5.56. The van der Waals surface area contributed by atoms with E-state index in [0.29, 0.717) is 32.0 Å². The van der Waals surface area contributed by atoms with Crippen molar-refractivity contribution in [3.05, 3.63) is 35.4 Å². The summed E-state index contributed by atoms with van der Waals surface area (Å²) in [6.07, 6.45) is 4.64. The van der Waals surface area contributed by atoms with Crippen LogP contribution in [0.4, 0.5) is 0 Å². The molecule has 1 aromatic carbocycles. The molecular formula is C20H29N3O2. The Morgan fingerprint density at radius 2 is 1.84 bits per heavy atom. The molecule has 0 aromatic heterocycles. The van der Waals surface area contributed by atoms with Crippen molar-refractivity contribution >= 4 is 11.8 Å². The number of nitrogens with zero attached hydrogens (tertiary/aromatic N) is 2. The van der Waals surface area contributed by atoms with Gasteiger partial charge in [-0.25, -0.2) is 0 Å². The molecule has 0 radical (unpaired) electrons. The van der Waals surface area contributed by atoms with Gasteiger partial charge in [-0.2, -0.15) is 0 Å². The fraction of sp³-hybridized carbons (Fsp3) is 0.600. The quantitative estimate of drug-likeness (QED) is 0.915. The lowest BCUT2D eigenvalue weighted by molar-refractivity contribution is -0.132. The molecular weight excluding hydrogens is 314 g/mol. The molecule has 2 aliphatic rings. The summed E-state index contributed by atoms with van der Waals surface area (Å²) in [5, 5.41) is 0. The molecule has 1 heterocycles. The van der Waals surface area contributed by atoms with E-state index in [4.69, 9.17) is 5.73 Å². The summed E-state index contributed by atoms with van der Waals surface area (Å²) in [5.41, 5.74) is 7.92. The van der Waals surface area contributed by atoms with Gasteiger partial charge in [-0.3, -0.25) is 9.59 Å². The molecule has 1 aromatic rings. The van der Waals surface area contributed by atoms with Crippen LogP contribution in [0.25, 0.3) is 0 Å². The second-order valence-corrected chi connectivity index (χ2v) is 7.45. The van der Waals surface area contributed by atoms with Crippen molar-refractivity contribution in [3.63, 3.8) is 0 Å². The predicted molar refractivity (Wildman–Crippen MR) is 98.2 cm³/mol. The lowest BCUT2D eigenvalue weighted by Crippen LogP contribution is -2.39. The van der Waals surface area contributed by atoms with Crippen LogP contribution in [0.15, 0.2) is 24.3 Å². The normalized spacial score (nSPS) is 24.2. The topological polar surface area (TPSA) is 66.6 Å². The molecule has 0 spiro atoms. The molecule has 5 nitrogen and oxygen atoms in total. The van der Waals surface area contributed by atoms with Gasteiger partial charge in [-0.05, 0) is 44.2 Å². The molecule has 25 heavy (non-hydrogen) atoms. The first-order valence-electron chi connectivity index (χ1n) is 9.44. The third-order valence-electron chi connectivity index (χ3n) is 5.56. The average molecular weight is 343 g/mol. The Morgan fingerprint density at radius 3 is 2.56 bits per heavy atom. The zero-order valence-corrected chi connectivity index (χ0v) is 15.1. The molecule has 3 rings (SSSR count). The SMILES string of the molecule is Cc1cccc(C(=O)N2CCCN(C(=O)C[C@@H]3CCC[C@H]3N)CC2)c1. The van der Waals surface area contributed by atoms with Crippen molar-refractivity contribution in [1.82, 2.24) is 9.80 Å². The van der Waals surface area contributed by atoms with E-state index in [2.05, 4.69) is 0 Å². The first-order chi connectivity index (χ1) is 12.0. The molecule has 1 aliphatic carbocycles. The van der Waals surface area contributed by atoms with Crippen molar-refractivity contribution in [3.8, 4) is 0 Å². The van der Waals surface area contributed by atoms with Crippen LogP contribution in [0.1, 0.15) is 48.0 Å². The largest absolute Gasteiger partial charge is 0.341 e. The summed E-state index contributed by atoms with van der Waals surface area (Å²) < 4.78 is 0. The predicted octanol–water partition coefficient (Wildman–Crippen LogP) is 2.19. The molecule has 2 amide bonds. The van der Waals surface area contributed by atoms with Gasteiger partial charge in [0.25, 0.3) is 5.91 Å². The molecule has 2 atom stereocenters. The van der Waals surface area contributed by atoms with Gasteiger partial charge in [-0.15, -0.1) is 0 Å². The molecule has 5 heteroatoms. The van der Waals surface area contributed by atoms with E-state index in [0.717, 1.165) is 43.4 Å². The Hall–Kier alpha value is -1.88. The van der Waals surface area contributed by atoms with Gasteiger partial charge in [0.1, 0.15) is 0 Å². The van der Waals surface area contributed by atoms with E-state index in [1.54, 1.807) is 0 Å². The summed E-state index contributed by atoms with van der Waals surface area (Å²) in [7, 11) is 0. The minimum absolute atomic E-state index is 0.0656. The van der Waals surface area contributed by atoms with Gasteiger partial charge in [0.2, 0.25) is 5.91 Å². The number of carbonyl (C=O) groups is 2. The Morgan fingerprint density at radius 1 is 1.08 bits per heavy atom. The number of hydrogen-bond acceptors (Lipinski definition) is 3. The van der Waals surface area contributed by atoms with E-state index in [-0.39, 0.29) is 17.9 Å². The van der Waals surface area contributed by atoms with Crippen LogP contribution in [0, 0.1) is 12.8 Å². The molecule has 0 bridgehead atoms. The minimum atomic E-state index is 0.0656. The molecule has 2 N–H and O–H groups in total. The standard InChI is InChI=1S/C20H29N3O2/c1-15-5-2-7-17(13-15)20(25)23-10-4-9-22(11-12-23)19(24)14-16-6-3-8-18(16)21/h2,5,7,13,16,18H,3-4,6,8-12,14,21H2,1H3/t16-,18+/m0/s1. The van der Waals surface area contributed by atoms with Gasteiger partial charge < -0.3 is 15.5 Å². The number of rotatable bonds is 3. The Kier molecular flexibility index (Phi) is 5.74. The number of carbonyl (C=O) groups excluding carboxylic acids is 2.